The Morgan fingerprint density at radius 1 is 1.14 bits per heavy atom. The number of fused-ring (bicyclic) bond motifs is 2. The van der Waals surface area contributed by atoms with E-state index in [1.165, 1.54) is 23.1 Å². The lowest BCUT2D eigenvalue weighted by molar-refractivity contribution is -0.141. The van der Waals surface area contributed by atoms with Gasteiger partial charge in [0.05, 0.1) is 11.1 Å². The molecular formula is C29H21F3N5O5S-. The zero-order valence-corrected chi connectivity index (χ0v) is 22.9. The van der Waals surface area contributed by atoms with Crippen LogP contribution in [0.25, 0.3) is 27.8 Å². The molecule has 43 heavy (non-hydrogen) atoms. The van der Waals surface area contributed by atoms with Gasteiger partial charge in [-0.3, -0.25) is 9.00 Å². The van der Waals surface area contributed by atoms with Crippen molar-refractivity contribution < 1.29 is 36.0 Å². The van der Waals surface area contributed by atoms with Gasteiger partial charge in [0.1, 0.15) is 12.0 Å². The van der Waals surface area contributed by atoms with Gasteiger partial charge in [0.2, 0.25) is 0 Å². The fourth-order valence-electron chi connectivity index (χ4n) is 5.30. The summed E-state index contributed by atoms with van der Waals surface area (Å²) in [6, 6.07) is 16.9. The number of carbonyl (C=O) groups is 2. The lowest BCUT2D eigenvalue weighted by Gasteiger charge is -2.33. The first-order valence-electron chi connectivity index (χ1n) is 12.9. The molecule has 0 spiro atoms. The van der Waals surface area contributed by atoms with E-state index in [0.717, 1.165) is 11.0 Å². The first kappa shape index (κ1) is 28.3. The quantitative estimate of drug-likeness (QED) is 0.209. The van der Waals surface area contributed by atoms with Crippen molar-refractivity contribution in [1.29, 1.82) is 0 Å². The summed E-state index contributed by atoms with van der Waals surface area (Å²) in [6.07, 6.45) is -3.85. The predicted octanol–water partition coefficient (Wildman–Crippen LogP) is 4.99. The van der Waals surface area contributed by atoms with Crippen LogP contribution in [0.2, 0.25) is 0 Å². The Kier molecular flexibility index (Phi) is 7.10. The second-order valence-electron chi connectivity index (χ2n) is 9.94. The summed E-state index contributed by atoms with van der Waals surface area (Å²) in [7, 11) is 0. The predicted molar refractivity (Wildman–Crippen MR) is 150 cm³/mol. The number of halogens is 3. The molecule has 0 saturated carbocycles. The standard InChI is InChI=1S/C29H22F3N5O5S/c30-29(31,32)26-13-24(37(34-26)19-6-8-25-22(12-19)27(33)35-42-25)28(39)36-10-9-17(14-38)21-11-16(5-7-23(21)36)20-4-2-1-3-18(20)15-43(40)41/h1-8,11-14,17H,9-10,15H2,(H2,33,35)(H,40,41)/p-1. The number of aldehydes is 1. The van der Waals surface area contributed by atoms with Crippen LogP contribution in [0.1, 0.15) is 39.6 Å². The summed E-state index contributed by atoms with van der Waals surface area (Å²) in [5.41, 5.74) is 7.31. The molecule has 0 radical (unpaired) electrons. The molecule has 2 N–H and O–H groups in total. The van der Waals surface area contributed by atoms with E-state index in [2.05, 4.69) is 10.3 Å². The van der Waals surface area contributed by atoms with Crippen LogP contribution in [-0.2, 0) is 27.8 Å². The van der Waals surface area contributed by atoms with Crippen LogP contribution < -0.4 is 10.6 Å². The third-order valence-corrected chi connectivity index (χ3v) is 7.88. The average molecular weight is 609 g/mol. The molecule has 1 aliphatic heterocycles. The number of carbonyl (C=O) groups excluding carboxylic acids is 2. The summed E-state index contributed by atoms with van der Waals surface area (Å²) in [4.78, 5) is 27.4. The SMILES string of the molecule is Nc1noc2ccc(-n3nc(C(F)(F)F)cc3C(=O)N3CCC(C=O)c4cc(-c5ccccc5CS(=O)[O-])ccc43)cc12. The first-order valence-corrected chi connectivity index (χ1v) is 14.2. The number of nitrogens with zero attached hydrogens (tertiary/aromatic N) is 4. The molecule has 5 aromatic rings. The van der Waals surface area contributed by atoms with Crippen molar-refractivity contribution in [3.8, 4) is 16.8 Å². The molecule has 0 bridgehead atoms. The molecule has 14 heteroatoms. The zero-order chi connectivity index (χ0) is 30.5. The molecule has 2 atom stereocenters. The van der Waals surface area contributed by atoms with Gasteiger partial charge in [-0.1, -0.05) is 46.6 Å². The third-order valence-electron chi connectivity index (χ3n) is 7.34. The fraction of sp³-hybridized carbons (Fsp3) is 0.172. The topological polar surface area (TPSA) is 147 Å². The lowest BCUT2D eigenvalue weighted by atomic mass is 9.87. The van der Waals surface area contributed by atoms with Crippen molar-refractivity contribution in [2.45, 2.75) is 24.3 Å². The Morgan fingerprint density at radius 3 is 2.67 bits per heavy atom. The van der Waals surface area contributed by atoms with Crippen LogP contribution >= 0.6 is 0 Å². The highest BCUT2D eigenvalue weighted by Crippen LogP contribution is 2.39. The van der Waals surface area contributed by atoms with Crippen molar-refractivity contribution in [2.24, 2.45) is 0 Å². The molecule has 3 aromatic carbocycles. The van der Waals surface area contributed by atoms with Gasteiger partial charge in [-0.15, -0.1) is 0 Å². The Bertz CT molecular complexity index is 1920. The number of nitrogen functional groups attached to an aromatic ring is 1. The van der Waals surface area contributed by atoms with Crippen LogP contribution in [0.5, 0.6) is 0 Å². The minimum absolute atomic E-state index is 0.0247. The Hall–Kier alpha value is -4.82. The van der Waals surface area contributed by atoms with Crippen LogP contribution in [0.3, 0.4) is 0 Å². The van der Waals surface area contributed by atoms with Gasteiger partial charge in [-0.05, 0) is 59.0 Å². The summed E-state index contributed by atoms with van der Waals surface area (Å²) < 4.78 is 70.2. The molecule has 1 aliphatic rings. The van der Waals surface area contributed by atoms with Crippen LogP contribution in [0, 0.1) is 0 Å². The van der Waals surface area contributed by atoms with Crippen molar-refractivity contribution in [2.75, 3.05) is 17.2 Å². The number of anilines is 2. The lowest BCUT2D eigenvalue weighted by Crippen LogP contribution is -2.38. The van der Waals surface area contributed by atoms with Crippen LogP contribution in [0.15, 0.2) is 71.3 Å². The molecule has 1 amide bonds. The molecule has 2 aromatic heterocycles. The van der Waals surface area contributed by atoms with Gasteiger partial charge in [-0.25, -0.2) is 4.68 Å². The zero-order valence-electron chi connectivity index (χ0n) is 22.1. The highest BCUT2D eigenvalue weighted by Gasteiger charge is 2.38. The van der Waals surface area contributed by atoms with E-state index in [-0.39, 0.29) is 35.9 Å². The van der Waals surface area contributed by atoms with E-state index < -0.39 is 34.8 Å². The van der Waals surface area contributed by atoms with Gasteiger partial charge in [-0.2, -0.15) is 18.3 Å². The van der Waals surface area contributed by atoms with E-state index in [4.69, 9.17) is 10.3 Å². The van der Waals surface area contributed by atoms with Gasteiger partial charge in [0.25, 0.3) is 5.91 Å². The fourth-order valence-corrected chi connectivity index (χ4v) is 5.81. The molecule has 220 valence electrons. The van der Waals surface area contributed by atoms with Crippen molar-refractivity contribution >= 4 is 45.7 Å². The summed E-state index contributed by atoms with van der Waals surface area (Å²) >= 11 is -2.34. The monoisotopic (exact) mass is 608 g/mol. The number of benzene rings is 3. The second-order valence-corrected chi connectivity index (χ2v) is 10.8. The van der Waals surface area contributed by atoms with Gasteiger partial charge >= 0.3 is 6.18 Å². The molecule has 0 fully saturated rings. The van der Waals surface area contributed by atoms with Crippen molar-refractivity contribution in [3.05, 3.63) is 89.2 Å². The maximum Gasteiger partial charge on any atom is 0.435 e. The largest absolute Gasteiger partial charge is 0.772 e. The van der Waals surface area contributed by atoms with E-state index in [1.54, 1.807) is 42.5 Å². The van der Waals surface area contributed by atoms with Crippen molar-refractivity contribution in [1.82, 2.24) is 14.9 Å². The normalized spacial score (nSPS) is 15.8. The number of aromatic nitrogens is 3. The number of alkyl halides is 3. The number of hydrogen-bond acceptors (Lipinski definition) is 8. The van der Waals surface area contributed by atoms with E-state index in [9.17, 15) is 31.5 Å². The molecule has 2 unspecified atom stereocenters. The van der Waals surface area contributed by atoms with E-state index in [0.29, 0.717) is 45.0 Å². The van der Waals surface area contributed by atoms with Crippen molar-refractivity contribution in [3.63, 3.8) is 0 Å². The maximum absolute atomic E-state index is 14.0. The summed E-state index contributed by atoms with van der Waals surface area (Å²) in [5, 5.41) is 7.70. The smallest absolute Gasteiger partial charge is 0.435 e. The molecular weight excluding hydrogens is 587 g/mol. The minimum atomic E-state index is -4.83. The number of rotatable bonds is 6. The van der Waals surface area contributed by atoms with E-state index >= 15 is 0 Å². The Morgan fingerprint density at radius 2 is 1.93 bits per heavy atom. The average Bonchev–Trinajstić information content (AvgIpc) is 3.60. The Balaban J connectivity index is 1.45. The maximum atomic E-state index is 14.0. The minimum Gasteiger partial charge on any atom is -0.772 e. The number of nitrogens with two attached hydrogens (primary N) is 1. The van der Waals surface area contributed by atoms with Gasteiger partial charge in [0, 0.05) is 30.0 Å². The second kappa shape index (κ2) is 10.8. The molecule has 10 nitrogen and oxygen atoms in total. The summed E-state index contributed by atoms with van der Waals surface area (Å²) in [6.45, 7) is 0.0600. The number of hydrogen-bond donors (Lipinski definition) is 1. The molecule has 6 rings (SSSR count). The third kappa shape index (κ3) is 5.19. The van der Waals surface area contributed by atoms with Crippen LogP contribution in [0.4, 0.5) is 24.7 Å². The highest BCUT2D eigenvalue weighted by molar-refractivity contribution is 7.78. The molecule has 0 saturated heterocycles. The summed E-state index contributed by atoms with van der Waals surface area (Å²) in [5.74, 6) is -1.54. The Labute approximate surface area is 244 Å². The van der Waals surface area contributed by atoms with E-state index in [1.807, 2.05) is 0 Å². The van der Waals surface area contributed by atoms with Gasteiger partial charge < -0.3 is 24.5 Å². The number of amides is 1. The highest BCUT2D eigenvalue weighted by atomic mass is 32.2. The molecule has 3 heterocycles. The van der Waals surface area contributed by atoms with Crippen LogP contribution in [-0.4, -0.2) is 42.4 Å². The molecule has 0 aliphatic carbocycles. The van der Waals surface area contributed by atoms with Gasteiger partial charge in [0.15, 0.2) is 17.1 Å². The first-order chi connectivity index (χ1) is 20.5.